The third kappa shape index (κ3) is 2.77. The lowest BCUT2D eigenvalue weighted by atomic mass is 10.0. The van der Waals surface area contributed by atoms with Gasteiger partial charge >= 0.3 is 0 Å². The lowest BCUT2D eigenvalue weighted by molar-refractivity contribution is -0.0388. The van der Waals surface area contributed by atoms with Crippen molar-refractivity contribution in [2.45, 2.75) is 38.3 Å². The van der Waals surface area contributed by atoms with Gasteiger partial charge in [0.2, 0.25) is 0 Å². The molecular formula is C8H17NO2. The maximum atomic E-state index is 5.51. The van der Waals surface area contributed by atoms with Gasteiger partial charge in [-0.05, 0) is 19.3 Å². The standard InChI is InChI=1S/C8H17NO2/c1-3-8-6-7(9-10-2)4-5-11-8/h7-9H,3-6H2,1-2H3. The van der Waals surface area contributed by atoms with E-state index in [1.807, 2.05) is 0 Å². The second-order valence-electron chi connectivity index (χ2n) is 2.94. The Labute approximate surface area is 68.0 Å². The van der Waals surface area contributed by atoms with Crippen LogP contribution in [0.5, 0.6) is 0 Å². The Morgan fingerprint density at radius 3 is 3.09 bits per heavy atom. The van der Waals surface area contributed by atoms with Crippen LogP contribution in [0.2, 0.25) is 0 Å². The molecule has 1 saturated heterocycles. The van der Waals surface area contributed by atoms with Crippen molar-refractivity contribution in [2.75, 3.05) is 13.7 Å². The summed E-state index contributed by atoms with van der Waals surface area (Å²) in [6.45, 7) is 3.01. The van der Waals surface area contributed by atoms with Gasteiger partial charge in [0.1, 0.15) is 0 Å². The normalized spacial score (nSPS) is 32.2. The summed E-state index contributed by atoms with van der Waals surface area (Å²) in [4.78, 5) is 4.87. The van der Waals surface area contributed by atoms with Crippen LogP contribution in [0.1, 0.15) is 26.2 Å². The van der Waals surface area contributed by atoms with E-state index in [4.69, 9.17) is 9.57 Å². The van der Waals surface area contributed by atoms with Crippen molar-refractivity contribution in [3.05, 3.63) is 0 Å². The molecule has 3 heteroatoms. The lowest BCUT2D eigenvalue weighted by Gasteiger charge is -2.28. The molecule has 0 amide bonds. The molecule has 1 heterocycles. The Morgan fingerprint density at radius 1 is 1.64 bits per heavy atom. The van der Waals surface area contributed by atoms with Crippen LogP contribution in [0.25, 0.3) is 0 Å². The van der Waals surface area contributed by atoms with Gasteiger partial charge in [-0.3, -0.25) is 0 Å². The Kier molecular flexibility index (Phi) is 3.83. The molecule has 2 unspecified atom stereocenters. The van der Waals surface area contributed by atoms with Gasteiger partial charge in [-0.15, -0.1) is 0 Å². The second-order valence-corrected chi connectivity index (χ2v) is 2.94. The molecule has 0 spiro atoms. The molecule has 0 saturated carbocycles. The van der Waals surface area contributed by atoms with Gasteiger partial charge in [-0.1, -0.05) is 6.92 Å². The fourth-order valence-corrected chi connectivity index (χ4v) is 1.44. The van der Waals surface area contributed by atoms with Crippen LogP contribution in [0.3, 0.4) is 0 Å². The van der Waals surface area contributed by atoms with Crippen molar-refractivity contribution in [1.82, 2.24) is 5.48 Å². The van der Waals surface area contributed by atoms with Crippen molar-refractivity contribution in [2.24, 2.45) is 0 Å². The van der Waals surface area contributed by atoms with Crippen LogP contribution in [-0.4, -0.2) is 25.9 Å². The SMILES string of the molecule is CCC1CC(NOC)CCO1. The average Bonchev–Trinajstić information content (AvgIpc) is 2.06. The van der Waals surface area contributed by atoms with Gasteiger partial charge in [-0.2, -0.15) is 5.48 Å². The summed E-state index contributed by atoms with van der Waals surface area (Å²) < 4.78 is 5.51. The fourth-order valence-electron chi connectivity index (χ4n) is 1.44. The first-order chi connectivity index (χ1) is 5.36. The van der Waals surface area contributed by atoms with E-state index >= 15 is 0 Å². The van der Waals surface area contributed by atoms with Gasteiger partial charge < -0.3 is 9.57 Å². The predicted octanol–water partition coefficient (Wildman–Crippen LogP) is 1.09. The van der Waals surface area contributed by atoms with Crippen LogP contribution in [0.4, 0.5) is 0 Å². The zero-order valence-corrected chi connectivity index (χ0v) is 7.30. The number of hydroxylamine groups is 1. The van der Waals surface area contributed by atoms with Crippen molar-refractivity contribution in [1.29, 1.82) is 0 Å². The van der Waals surface area contributed by atoms with Crippen LogP contribution < -0.4 is 5.48 Å². The highest BCUT2D eigenvalue weighted by Gasteiger charge is 2.20. The Morgan fingerprint density at radius 2 is 2.45 bits per heavy atom. The monoisotopic (exact) mass is 159 g/mol. The van der Waals surface area contributed by atoms with Crippen molar-refractivity contribution in [3.8, 4) is 0 Å². The molecule has 1 N–H and O–H groups in total. The summed E-state index contributed by atoms with van der Waals surface area (Å²) in [6, 6.07) is 0.485. The quantitative estimate of drug-likeness (QED) is 0.625. The summed E-state index contributed by atoms with van der Waals surface area (Å²) in [5.74, 6) is 0. The first-order valence-corrected chi connectivity index (χ1v) is 4.27. The Balaban J connectivity index is 2.21. The lowest BCUT2D eigenvalue weighted by Crippen LogP contribution is -2.38. The third-order valence-electron chi connectivity index (χ3n) is 2.11. The summed E-state index contributed by atoms with van der Waals surface area (Å²) in [5.41, 5.74) is 2.97. The molecule has 0 bridgehead atoms. The molecule has 0 aromatic rings. The minimum Gasteiger partial charge on any atom is -0.378 e. The van der Waals surface area contributed by atoms with Gasteiger partial charge in [-0.25, -0.2) is 0 Å². The first kappa shape index (κ1) is 8.97. The highest BCUT2D eigenvalue weighted by molar-refractivity contribution is 4.73. The third-order valence-corrected chi connectivity index (χ3v) is 2.11. The van der Waals surface area contributed by atoms with E-state index in [0.717, 1.165) is 25.9 Å². The van der Waals surface area contributed by atoms with E-state index in [-0.39, 0.29) is 0 Å². The zero-order chi connectivity index (χ0) is 8.10. The molecule has 1 fully saturated rings. The van der Waals surface area contributed by atoms with Crippen molar-refractivity contribution >= 4 is 0 Å². The second kappa shape index (κ2) is 4.70. The largest absolute Gasteiger partial charge is 0.378 e. The van der Waals surface area contributed by atoms with Crippen LogP contribution in [-0.2, 0) is 9.57 Å². The van der Waals surface area contributed by atoms with Gasteiger partial charge in [0.15, 0.2) is 0 Å². The maximum absolute atomic E-state index is 5.51. The number of hydrogen-bond acceptors (Lipinski definition) is 3. The summed E-state index contributed by atoms with van der Waals surface area (Å²) in [7, 11) is 1.66. The topological polar surface area (TPSA) is 30.5 Å². The van der Waals surface area contributed by atoms with Gasteiger partial charge in [0.25, 0.3) is 0 Å². The van der Waals surface area contributed by atoms with E-state index in [0.29, 0.717) is 12.1 Å². The number of nitrogens with one attached hydrogen (secondary N) is 1. The van der Waals surface area contributed by atoms with Crippen molar-refractivity contribution < 1.29 is 9.57 Å². The van der Waals surface area contributed by atoms with Crippen LogP contribution in [0, 0.1) is 0 Å². The summed E-state index contributed by atoms with van der Waals surface area (Å²) >= 11 is 0. The van der Waals surface area contributed by atoms with Crippen LogP contribution in [0.15, 0.2) is 0 Å². The smallest absolute Gasteiger partial charge is 0.0588 e. The van der Waals surface area contributed by atoms with Crippen molar-refractivity contribution in [3.63, 3.8) is 0 Å². The molecule has 1 aliphatic heterocycles. The summed E-state index contributed by atoms with van der Waals surface area (Å²) in [6.07, 6.45) is 3.66. The zero-order valence-electron chi connectivity index (χ0n) is 7.30. The first-order valence-electron chi connectivity index (χ1n) is 4.27. The van der Waals surface area contributed by atoms with Gasteiger partial charge in [0.05, 0.1) is 13.2 Å². The molecular weight excluding hydrogens is 142 g/mol. The average molecular weight is 159 g/mol. The Hall–Kier alpha value is -0.120. The van der Waals surface area contributed by atoms with E-state index in [1.54, 1.807) is 7.11 Å². The molecule has 0 aromatic heterocycles. The Bertz CT molecular complexity index is 106. The minimum absolute atomic E-state index is 0.427. The molecule has 66 valence electrons. The summed E-state index contributed by atoms with van der Waals surface area (Å²) in [5, 5.41) is 0. The molecule has 1 rings (SSSR count). The minimum atomic E-state index is 0.427. The maximum Gasteiger partial charge on any atom is 0.0588 e. The molecule has 0 radical (unpaired) electrons. The highest BCUT2D eigenvalue weighted by atomic mass is 16.6. The molecule has 0 aliphatic carbocycles. The van der Waals surface area contributed by atoms with E-state index in [1.165, 1.54) is 0 Å². The number of ether oxygens (including phenoxy) is 1. The van der Waals surface area contributed by atoms with E-state index in [9.17, 15) is 0 Å². The highest BCUT2D eigenvalue weighted by Crippen LogP contribution is 2.15. The number of hydrogen-bond donors (Lipinski definition) is 1. The van der Waals surface area contributed by atoms with Crippen LogP contribution >= 0.6 is 0 Å². The molecule has 11 heavy (non-hydrogen) atoms. The van der Waals surface area contributed by atoms with Gasteiger partial charge in [0, 0.05) is 12.6 Å². The molecule has 3 nitrogen and oxygen atoms in total. The molecule has 2 atom stereocenters. The van der Waals surface area contributed by atoms with E-state index < -0.39 is 0 Å². The fraction of sp³-hybridized carbons (Fsp3) is 1.00. The molecule has 0 aromatic carbocycles. The van der Waals surface area contributed by atoms with E-state index in [2.05, 4.69) is 12.4 Å². The predicted molar refractivity (Wildman–Crippen MR) is 43.2 cm³/mol. The number of rotatable bonds is 3. The molecule has 1 aliphatic rings.